The molecule has 0 aromatic rings. The van der Waals surface area contributed by atoms with E-state index in [2.05, 4.69) is 9.05 Å². The van der Waals surface area contributed by atoms with E-state index >= 15 is 0 Å². The molecule has 0 spiro atoms. The van der Waals surface area contributed by atoms with Crippen LogP contribution >= 0.6 is 15.4 Å². The molecule has 18 heavy (non-hydrogen) atoms. The number of ether oxygens (including phenoxy) is 1. The number of phosphoric ester groups is 1. The zero-order valence-corrected chi connectivity index (χ0v) is 11.0. The van der Waals surface area contributed by atoms with E-state index in [-0.39, 0.29) is 0 Å². The van der Waals surface area contributed by atoms with E-state index in [0.29, 0.717) is 0 Å². The van der Waals surface area contributed by atoms with Crippen molar-refractivity contribution in [2.45, 2.75) is 24.3 Å². The fraction of sp³-hybridized carbons (Fsp3) is 1.00. The van der Waals surface area contributed by atoms with Crippen LogP contribution in [0.5, 0.6) is 0 Å². The van der Waals surface area contributed by atoms with E-state index in [9.17, 15) is 24.0 Å². The molecule has 6 atom stereocenters. The maximum atomic E-state index is 11.0. The second-order valence-corrected chi connectivity index (χ2v) is 6.64. The molecule has 0 amide bonds. The van der Waals surface area contributed by atoms with Crippen LogP contribution in [0.4, 0.5) is 0 Å². The molecule has 0 aromatic heterocycles. The normalized spacial score (nSPS) is 39.8. The number of rotatable bonds is 4. The van der Waals surface area contributed by atoms with Gasteiger partial charge in [0.25, 0.3) is 7.82 Å². The van der Waals surface area contributed by atoms with Crippen molar-refractivity contribution in [1.29, 1.82) is 0 Å². The Morgan fingerprint density at radius 2 is 1.94 bits per heavy atom. The molecule has 1 fully saturated rings. The molecule has 0 bridgehead atoms. The number of hydrogen-bond acceptors (Lipinski definition) is 8. The molecule has 0 saturated carbocycles. The third-order valence-electron chi connectivity index (χ3n) is 2.08. The predicted molar refractivity (Wildman–Crippen MR) is 54.6 cm³/mol. The van der Waals surface area contributed by atoms with Crippen LogP contribution in [0.2, 0.25) is 0 Å². The second kappa shape index (κ2) is 5.70. The summed E-state index contributed by atoms with van der Waals surface area (Å²) in [4.78, 5) is 30.0. The van der Waals surface area contributed by atoms with E-state index in [0.717, 1.165) is 6.66 Å². The molecule has 0 aromatic carbocycles. The lowest BCUT2D eigenvalue weighted by molar-refractivity contribution is -0.243. The Labute approximate surface area is 104 Å². The average molecular weight is 300 g/mol. The molecule has 104 valence electrons. The van der Waals surface area contributed by atoms with Crippen LogP contribution in [0.15, 0.2) is 0 Å². The van der Waals surface area contributed by atoms with E-state index in [1.165, 1.54) is 0 Å². The van der Waals surface area contributed by atoms with Gasteiger partial charge in [-0.1, -0.05) is 0 Å². The van der Waals surface area contributed by atoms with Gasteiger partial charge in [0.05, 0.1) is 6.61 Å². The zero-order chi connectivity index (χ0) is 14.1. The summed E-state index contributed by atoms with van der Waals surface area (Å²) in [5.41, 5.74) is 0. The number of aliphatic hydroxyl groups excluding tert-OH is 1. The Hall–Kier alpha value is 0.245. The minimum absolute atomic E-state index is 0.443. The number of phosphoric acid groups is 1. The average Bonchev–Trinajstić information content (AvgIpc) is 2.14. The van der Waals surface area contributed by atoms with Crippen molar-refractivity contribution < 1.29 is 42.7 Å². The van der Waals surface area contributed by atoms with E-state index in [4.69, 9.17) is 17.5 Å². The van der Waals surface area contributed by atoms with Gasteiger partial charge in [0.2, 0.25) is 0 Å². The molecule has 12 heteroatoms. The van der Waals surface area contributed by atoms with Crippen LogP contribution in [-0.2, 0) is 22.9 Å². The fourth-order valence-electron chi connectivity index (χ4n) is 1.41. The third kappa shape index (κ3) is 5.09. The van der Waals surface area contributed by atoms with Gasteiger partial charge in [0.1, 0.15) is 33.8 Å². The summed E-state index contributed by atoms with van der Waals surface area (Å²) >= 11 is 0. The summed E-state index contributed by atoms with van der Waals surface area (Å²) < 4.78 is 34.9. The topological polar surface area (TPSA) is 148 Å². The molecule has 1 saturated heterocycles. The molecule has 1 aliphatic heterocycles. The lowest BCUT2D eigenvalue weighted by Crippen LogP contribution is -2.55. The first kappa shape index (κ1) is 16.3. The summed E-state index contributed by atoms with van der Waals surface area (Å²) in [5.74, 6) is 0. The Morgan fingerprint density at radius 1 is 1.39 bits per heavy atom. The Morgan fingerprint density at radius 3 is 2.39 bits per heavy atom. The van der Waals surface area contributed by atoms with Crippen molar-refractivity contribution >= 4 is 23.3 Å². The van der Waals surface area contributed by atoms with Gasteiger partial charge in [0, 0.05) is 12.7 Å². The summed E-state index contributed by atoms with van der Waals surface area (Å²) in [6.07, 6.45) is -4.72. The molecular weight excluding hydrogens is 289 g/mol. The van der Waals surface area contributed by atoms with Crippen LogP contribution in [-0.4, -0.2) is 55.4 Å². The predicted octanol–water partition coefficient (Wildman–Crippen LogP) is -2.71. The quantitative estimate of drug-likeness (QED) is 0.417. The highest BCUT2D eigenvalue weighted by atomic mass is 31.2. The maximum absolute atomic E-state index is 11.0. The molecule has 2 N–H and O–H groups in total. The summed E-state index contributed by atoms with van der Waals surface area (Å²) in [6.45, 7) is 0.309. The first-order valence-electron chi connectivity index (χ1n) is 4.74. The van der Waals surface area contributed by atoms with Crippen molar-refractivity contribution in [3.63, 3.8) is 0 Å². The molecule has 0 aliphatic carbocycles. The summed E-state index contributed by atoms with van der Waals surface area (Å²) in [5, 5.41) is 9.68. The SMILES string of the molecule is [B]C1OCC(OP(=O)([O-])O)C(O)C1OP(C)(=O)[O-]. The minimum atomic E-state index is -5.10. The van der Waals surface area contributed by atoms with Gasteiger partial charge < -0.3 is 38.1 Å². The van der Waals surface area contributed by atoms with Gasteiger partial charge in [-0.25, -0.2) is 0 Å². The van der Waals surface area contributed by atoms with Gasteiger partial charge in [-0.15, -0.1) is 0 Å². The van der Waals surface area contributed by atoms with Crippen LogP contribution < -0.4 is 9.79 Å². The molecule has 9 nitrogen and oxygen atoms in total. The Bertz CT molecular complexity index is 377. The van der Waals surface area contributed by atoms with Crippen LogP contribution in [0, 0.1) is 0 Å². The molecule has 1 aliphatic rings. The van der Waals surface area contributed by atoms with Crippen molar-refractivity contribution in [3.8, 4) is 0 Å². The standard InChI is InChI=1S/C6H13BO9P2/c1-17(9,10)16-5-4(8)3(2-14-6(5)7)15-18(11,12)13/h3-6,8H,2H2,1H3,(H,9,10)(H2,11,12,13)/p-2. The van der Waals surface area contributed by atoms with Gasteiger partial charge in [-0.2, -0.15) is 0 Å². The monoisotopic (exact) mass is 300 g/mol. The van der Waals surface area contributed by atoms with E-state index in [1.807, 2.05) is 0 Å². The Kier molecular flexibility index (Phi) is 5.17. The lowest BCUT2D eigenvalue weighted by Gasteiger charge is -2.41. The summed E-state index contributed by atoms with van der Waals surface area (Å²) in [6, 6.07) is -1.27. The highest BCUT2D eigenvalue weighted by Gasteiger charge is 2.40. The third-order valence-corrected chi connectivity index (χ3v) is 3.24. The first-order chi connectivity index (χ1) is 7.99. The smallest absolute Gasteiger partial charge is 0.265 e. The highest BCUT2D eigenvalue weighted by Crippen LogP contribution is 2.40. The van der Waals surface area contributed by atoms with Crippen molar-refractivity contribution in [3.05, 3.63) is 0 Å². The Balaban J connectivity index is 2.77. The van der Waals surface area contributed by atoms with Gasteiger partial charge >= 0.3 is 0 Å². The number of aliphatic hydroxyl groups is 1. The van der Waals surface area contributed by atoms with Crippen LogP contribution in [0.3, 0.4) is 0 Å². The van der Waals surface area contributed by atoms with Crippen LogP contribution in [0.1, 0.15) is 0 Å². The van der Waals surface area contributed by atoms with Crippen molar-refractivity contribution in [2.24, 2.45) is 0 Å². The second-order valence-electron chi connectivity index (χ2n) is 3.74. The zero-order valence-electron chi connectivity index (χ0n) is 9.24. The molecular formula is C6H11BO9P2-2. The summed E-state index contributed by atoms with van der Waals surface area (Å²) in [7, 11) is -3.95. The van der Waals surface area contributed by atoms with Crippen LogP contribution in [0.25, 0.3) is 0 Å². The molecule has 2 radical (unpaired) electrons. The maximum Gasteiger partial charge on any atom is 0.265 e. The van der Waals surface area contributed by atoms with Gasteiger partial charge in [-0.3, -0.25) is 4.57 Å². The van der Waals surface area contributed by atoms with Crippen molar-refractivity contribution in [2.75, 3.05) is 13.3 Å². The molecule has 6 unspecified atom stereocenters. The first-order valence-corrected chi connectivity index (χ1v) is 8.22. The van der Waals surface area contributed by atoms with Gasteiger partial charge in [-0.05, 0) is 0 Å². The molecule has 1 heterocycles. The van der Waals surface area contributed by atoms with Gasteiger partial charge in [0.15, 0.2) is 0 Å². The van der Waals surface area contributed by atoms with E-state index < -0.39 is 46.3 Å². The van der Waals surface area contributed by atoms with E-state index in [1.54, 1.807) is 0 Å². The molecule has 1 rings (SSSR count). The fourth-order valence-corrected chi connectivity index (χ4v) is 2.63. The largest absolute Gasteiger partial charge is 0.779 e. The number of hydrogen-bond donors (Lipinski definition) is 2. The minimum Gasteiger partial charge on any atom is -0.779 e. The van der Waals surface area contributed by atoms with Crippen molar-refractivity contribution in [1.82, 2.24) is 0 Å². The highest BCUT2D eigenvalue weighted by molar-refractivity contribution is 7.50. The lowest BCUT2D eigenvalue weighted by atomic mass is 9.87.